The maximum Gasteiger partial charge on any atom is 0.274 e. The molecule has 0 atom stereocenters. The smallest absolute Gasteiger partial charge is 0.274 e. The van der Waals surface area contributed by atoms with Gasteiger partial charge in [-0.25, -0.2) is 9.97 Å². The first kappa shape index (κ1) is 16.2. The van der Waals surface area contributed by atoms with E-state index in [2.05, 4.69) is 30.4 Å². The van der Waals surface area contributed by atoms with Crippen LogP contribution in [0, 0.1) is 0 Å². The Morgan fingerprint density at radius 1 is 1.12 bits per heavy atom. The first-order valence-electron chi connectivity index (χ1n) is 8.35. The Morgan fingerprint density at radius 2 is 1.92 bits per heavy atom. The van der Waals surface area contributed by atoms with Crippen LogP contribution in [-0.2, 0) is 4.74 Å². The van der Waals surface area contributed by atoms with Crippen molar-refractivity contribution >= 4 is 17.4 Å². The van der Waals surface area contributed by atoms with Gasteiger partial charge in [0.15, 0.2) is 0 Å². The topological polar surface area (TPSA) is 96.0 Å². The van der Waals surface area contributed by atoms with Gasteiger partial charge in [0, 0.05) is 31.0 Å². The lowest BCUT2D eigenvalue weighted by Gasteiger charge is -2.27. The molecule has 2 N–H and O–H groups in total. The van der Waals surface area contributed by atoms with Crippen LogP contribution in [0.15, 0.2) is 48.9 Å². The lowest BCUT2D eigenvalue weighted by molar-refractivity contribution is 0.102. The van der Waals surface area contributed by atoms with Crippen molar-refractivity contribution in [1.82, 2.24) is 20.2 Å². The molecule has 1 fully saturated rings. The minimum absolute atomic E-state index is 0.267. The third-order valence-corrected chi connectivity index (χ3v) is 4.17. The van der Waals surface area contributed by atoms with Crippen molar-refractivity contribution in [3.8, 4) is 11.3 Å². The zero-order chi connectivity index (χ0) is 17.8. The van der Waals surface area contributed by atoms with Crippen molar-refractivity contribution in [1.29, 1.82) is 0 Å². The van der Waals surface area contributed by atoms with Crippen LogP contribution in [0.3, 0.4) is 0 Å². The van der Waals surface area contributed by atoms with Gasteiger partial charge in [-0.2, -0.15) is 5.10 Å². The summed E-state index contributed by atoms with van der Waals surface area (Å²) in [4.78, 5) is 22.9. The second-order valence-electron chi connectivity index (χ2n) is 5.86. The molecule has 0 spiro atoms. The molecule has 8 heteroatoms. The zero-order valence-corrected chi connectivity index (χ0v) is 14.1. The Bertz CT molecular complexity index is 873. The quantitative estimate of drug-likeness (QED) is 0.747. The Kier molecular flexibility index (Phi) is 4.57. The van der Waals surface area contributed by atoms with Crippen molar-refractivity contribution in [2.75, 3.05) is 36.5 Å². The highest BCUT2D eigenvalue weighted by Gasteiger charge is 2.15. The van der Waals surface area contributed by atoms with Gasteiger partial charge in [-0.3, -0.25) is 9.89 Å². The molecule has 1 saturated heterocycles. The number of aromatic nitrogens is 4. The Hall–Kier alpha value is -3.26. The number of anilines is 2. The number of hydrogen-bond donors (Lipinski definition) is 2. The summed E-state index contributed by atoms with van der Waals surface area (Å²) in [6.45, 7) is 2.84. The molecule has 1 aliphatic heterocycles. The Labute approximate surface area is 150 Å². The summed E-state index contributed by atoms with van der Waals surface area (Å²) in [6.07, 6.45) is 3.12. The van der Waals surface area contributed by atoms with Crippen LogP contribution in [0.5, 0.6) is 0 Å². The van der Waals surface area contributed by atoms with E-state index in [0.717, 1.165) is 30.2 Å². The highest BCUT2D eigenvalue weighted by Crippen LogP contribution is 2.19. The number of amides is 1. The van der Waals surface area contributed by atoms with Gasteiger partial charge < -0.3 is 15.0 Å². The van der Waals surface area contributed by atoms with Gasteiger partial charge in [-0.15, -0.1) is 0 Å². The molecule has 0 unspecified atom stereocenters. The van der Waals surface area contributed by atoms with Gasteiger partial charge in [0.2, 0.25) is 0 Å². The minimum atomic E-state index is -0.267. The number of morpholine rings is 1. The summed E-state index contributed by atoms with van der Waals surface area (Å²) in [5.74, 6) is 0.472. The molecule has 4 rings (SSSR count). The second kappa shape index (κ2) is 7.32. The largest absolute Gasteiger partial charge is 0.378 e. The van der Waals surface area contributed by atoms with Crippen LogP contribution in [0.1, 0.15) is 10.5 Å². The summed E-state index contributed by atoms with van der Waals surface area (Å²) >= 11 is 0. The lowest BCUT2D eigenvalue weighted by Crippen LogP contribution is -2.37. The average molecular weight is 350 g/mol. The number of carbonyl (C=O) groups is 1. The summed E-state index contributed by atoms with van der Waals surface area (Å²) in [5.41, 5.74) is 2.95. The van der Waals surface area contributed by atoms with E-state index in [4.69, 9.17) is 4.74 Å². The van der Waals surface area contributed by atoms with Gasteiger partial charge in [0.1, 0.15) is 17.8 Å². The third-order valence-electron chi connectivity index (χ3n) is 4.17. The maximum absolute atomic E-state index is 12.5. The average Bonchev–Trinajstić information content (AvgIpc) is 3.24. The number of aromatic amines is 1. The molecule has 3 heterocycles. The van der Waals surface area contributed by atoms with E-state index in [0.29, 0.717) is 24.6 Å². The predicted molar refractivity (Wildman–Crippen MR) is 97.0 cm³/mol. The van der Waals surface area contributed by atoms with E-state index < -0.39 is 0 Å². The second-order valence-corrected chi connectivity index (χ2v) is 5.86. The van der Waals surface area contributed by atoms with Crippen LogP contribution in [0.4, 0.5) is 11.5 Å². The highest BCUT2D eigenvalue weighted by molar-refractivity contribution is 6.03. The zero-order valence-electron chi connectivity index (χ0n) is 14.1. The molecule has 0 radical (unpaired) electrons. The van der Waals surface area contributed by atoms with Crippen molar-refractivity contribution in [3.05, 3.63) is 54.6 Å². The minimum Gasteiger partial charge on any atom is -0.378 e. The van der Waals surface area contributed by atoms with Gasteiger partial charge in [0.05, 0.1) is 18.9 Å². The number of nitrogens with one attached hydrogen (secondary N) is 2. The molecular formula is C18H18N6O2. The molecule has 8 nitrogen and oxygen atoms in total. The fourth-order valence-electron chi connectivity index (χ4n) is 2.78. The molecule has 1 amide bonds. The number of hydrogen-bond acceptors (Lipinski definition) is 6. The number of carbonyl (C=O) groups excluding carboxylic acids is 1. The van der Waals surface area contributed by atoms with Crippen LogP contribution in [0.25, 0.3) is 11.3 Å². The molecule has 132 valence electrons. The fourth-order valence-corrected chi connectivity index (χ4v) is 2.78. The van der Waals surface area contributed by atoms with Crippen LogP contribution in [-0.4, -0.2) is 52.4 Å². The summed E-state index contributed by atoms with van der Waals surface area (Å²) in [5, 5.41) is 9.71. The molecule has 0 bridgehead atoms. The van der Waals surface area contributed by atoms with E-state index in [1.54, 1.807) is 12.3 Å². The van der Waals surface area contributed by atoms with E-state index >= 15 is 0 Å². The lowest BCUT2D eigenvalue weighted by atomic mass is 10.1. The molecule has 3 aromatic rings. The van der Waals surface area contributed by atoms with Gasteiger partial charge in [-0.1, -0.05) is 12.1 Å². The Balaban J connectivity index is 1.46. The molecule has 2 aromatic heterocycles. The summed E-state index contributed by atoms with van der Waals surface area (Å²) < 4.78 is 5.34. The first-order valence-corrected chi connectivity index (χ1v) is 8.35. The van der Waals surface area contributed by atoms with Crippen molar-refractivity contribution in [3.63, 3.8) is 0 Å². The molecule has 1 aromatic carbocycles. The monoisotopic (exact) mass is 350 g/mol. The normalized spacial score (nSPS) is 14.2. The van der Waals surface area contributed by atoms with Gasteiger partial charge >= 0.3 is 0 Å². The number of rotatable bonds is 4. The molecule has 1 aliphatic rings. The summed E-state index contributed by atoms with van der Waals surface area (Å²) in [6, 6.07) is 11.1. The molecule has 0 saturated carbocycles. The van der Waals surface area contributed by atoms with Crippen molar-refractivity contribution < 1.29 is 9.53 Å². The van der Waals surface area contributed by atoms with Gasteiger partial charge in [0.25, 0.3) is 5.91 Å². The first-order chi connectivity index (χ1) is 12.8. The van der Waals surface area contributed by atoms with E-state index in [1.807, 2.05) is 30.3 Å². The van der Waals surface area contributed by atoms with Crippen LogP contribution >= 0.6 is 0 Å². The SMILES string of the molecule is O=C(Nc1ccc(-c2ccn[nH]2)cc1)c1cc(N2CCOCC2)ncn1. The standard InChI is InChI=1S/C18H18N6O2/c25-18(16-11-17(20-12-19-16)24-7-9-26-10-8-24)22-14-3-1-13(2-4-14)15-5-6-21-23-15/h1-6,11-12H,7-10H2,(H,21,23)(H,22,25). The van der Waals surface area contributed by atoms with Crippen molar-refractivity contribution in [2.24, 2.45) is 0 Å². The number of nitrogens with zero attached hydrogens (tertiary/aromatic N) is 4. The van der Waals surface area contributed by atoms with E-state index in [1.165, 1.54) is 6.33 Å². The predicted octanol–water partition coefficient (Wildman–Crippen LogP) is 1.96. The fraction of sp³-hybridized carbons (Fsp3) is 0.222. The third kappa shape index (κ3) is 3.55. The van der Waals surface area contributed by atoms with E-state index in [9.17, 15) is 4.79 Å². The van der Waals surface area contributed by atoms with Gasteiger partial charge in [-0.05, 0) is 23.8 Å². The molecule has 26 heavy (non-hydrogen) atoms. The highest BCUT2D eigenvalue weighted by atomic mass is 16.5. The van der Waals surface area contributed by atoms with Crippen LogP contribution in [0.2, 0.25) is 0 Å². The maximum atomic E-state index is 12.5. The molecular weight excluding hydrogens is 332 g/mol. The number of benzene rings is 1. The molecule has 0 aliphatic carbocycles. The number of ether oxygens (including phenoxy) is 1. The van der Waals surface area contributed by atoms with Crippen molar-refractivity contribution in [2.45, 2.75) is 0 Å². The summed E-state index contributed by atoms with van der Waals surface area (Å²) in [7, 11) is 0. The van der Waals surface area contributed by atoms with E-state index in [-0.39, 0.29) is 5.91 Å². The van der Waals surface area contributed by atoms with Crippen LogP contribution < -0.4 is 10.2 Å². The number of H-pyrrole nitrogens is 1. The Morgan fingerprint density at radius 3 is 2.65 bits per heavy atom.